The Morgan fingerprint density at radius 1 is 1.62 bits per heavy atom. The lowest BCUT2D eigenvalue weighted by Crippen LogP contribution is -2.38. The molecule has 0 spiro atoms. The molecule has 1 amide bonds. The molecule has 0 saturated carbocycles. The Balaban J connectivity index is 2.66. The Morgan fingerprint density at radius 2 is 2.38 bits per heavy atom. The zero-order chi connectivity index (χ0) is 12.0. The van der Waals surface area contributed by atoms with Crippen LogP contribution in [0.15, 0.2) is 24.3 Å². The van der Waals surface area contributed by atoms with Crippen molar-refractivity contribution in [3.8, 4) is 5.75 Å². The van der Waals surface area contributed by atoms with Crippen LogP contribution in [0.2, 0.25) is 0 Å². The fourth-order valence-corrected chi connectivity index (χ4v) is 1.15. The Hall–Kier alpha value is -1.59. The van der Waals surface area contributed by atoms with E-state index in [0.29, 0.717) is 18.0 Å². The van der Waals surface area contributed by atoms with Gasteiger partial charge in [0, 0.05) is 11.8 Å². The van der Waals surface area contributed by atoms with Gasteiger partial charge < -0.3 is 20.9 Å². The molecule has 1 aromatic rings. The third kappa shape index (κ3) is 3.52. The first-order valence-corrected chi connectivity index (χ1v) is 5.07. The minimum Gasteiger partial charge on any atom is -0.494 e. The second kappa shape index (κ2) is 6.09. The molecular formula is C11H16N2O3. The highest BCUT2D eigenvalue weighted by Gasteiger charge is 2.11. The van der Waals surface area contributed by atoms with E-state index in [4.69, 9.17) is 15.6 Å². The molecule has 4 N–H and O–H groups in total. The van der Waals surface area contributed by atoms with Gasteiger partial charge in [0.25, 0.3) is 0 Å². The lowest BCUT2D eigenvalue weighted by Gasteiger charge is -2.10. The van der Waals surface area contributed by atoms with Gasteiger partial charge in [-0.25, -0.2) is 0 Å². The summed E-state index contributed by atoms with van der Waals surface area (Å²) in [5, 5.41) is 11.3. The average Bonchev–Trinajstić information content (AvgIpc) is 2.29. The Kier molecular flexibility index (Phi) is 4.75. The van der Waals surface area contributed by atoms with Gasteiger partial charge in [-0.3, -0.25) is 4.79 Å². The molecule has 5 nitrogen and oxygen atoms in total. The van der Waals surface area contributed by atoms with Crippen molar-refractivity contribution in [1.82, 2.24) is 0 Å². The van der Waals surface area contributed by atoms with E-state index >= 15 is 0 Å². The van der Waals surface area contributed by atoms with Gasteiger partial charge in [-0.1, -0.05) is 6.07 Å². The number of ether oxygens (including phenoxy) is 1. The first kappa shape index (κ1) is 12.5. The number of aliphatic hydroxyl groups is 1. The predicted octanol–water partition coefficient (Wildman–Crippen LogP) is 0.343. The average molecular weight is 224 g/mol. The van der Waals surface area contributed by atoms with Crippen LogP contribution < -0.4 is 15.8 Å². The van der Waals surface area contributed by atoms with Crippen molar-refractivity contribution in [1.29, 1.82) is 0 Å². The van der Waals surface area contributed by atoms with E-state index in [-0.39, 0.29) is 6.61 Å². The second-order valence-corrected chi connectivity index (χ2v) is 3.24. The number of hydrogen-bond acceptors (Lipinski definition) is 4. The van der Waals surface area contributed by atoms with Crippen molar-refractivity contribution in [2.24, 2.45) is 5.73 Å². The van der Waals surface area contributed by atoms with Crippen molar-refractivity contribution >= 4 is 11.6 Å². The number of amides is 1. The second-order valence-electron chi connectivity index (χ2n) is 3.24. The van der Waals surface area contributed by atoms with Crippen LogP contribution in [-0.4, -0.2) is 30.3 Å². The predicted molar refractivity (Wildman–Crippen MR) is 61.3 cm³/mol. The highest BCUT2D eigenvalue weighted by atomic mass is 16.5. The molecule has 1 atom stereocenters. The Morgan fingerprint density at radius 3 is 3.00 bits per heavy atom. The number of nitrogens with two attached hydrogens (primary N) is 1. The fourth-order valence-electron chi connectivity index (χ4n) is 1.15. The van der Waals surface area contributed by atoms with Gasteiger partial charge in [-0.05, 0) is 19.1 Å². The standard InChI is InChI=1S/C11H16N2O3/c1-2-16-9-5-3-4-8(6-9)13-11(15)10(12)7-14/h3-6,10,14H,2,7,12H2,1H3,(H,13,15)/t10-/m1/s1. The number of rotatable bonds is 5. The molecular weight excluding hydrogens is 208 g/mol. The molecule has 0 aliphatic heterocycles. The molecule has 0 unspecified atom stereocenters. The van der Waals surface area contributed by atoms with Gasteiger partial charge in [-0.2, -0.15) is 0 Å². The smallest absolute Gasteiger partial charge is 0.243 e. The monoisotopic (exact) mass is 224 g/mol. The number of carbonyl (C=O) groups excluding carboxylic acids is 1. The first-order chi connectivity index (χ1) is 7.67. The highest BCUT2D eigenvalue weighted by Crippen LogP contribution is 2.17. The molecule has 88 valence electrons. The lowest BCUT2D eigenvalue weighted by molar-refractivity contribution is -0.118. The number of carbonyl (C=O) groups is 1. The molecule has 1 aromatic carbocycles. The SMILES string of the molecule is CCOc1cccc(NC(=O)[C@H](N)CO)c1. The van der Waals surface area contributed by atoms with Gasteiger partial charge >= 0.3 is 0 Å². The van der Waals surface area contributed by atoms with Crippen LogP contribution >= 0.6 is 0 Å². The van der Waals surface area contributed by atoms with Crippen LogP contribution in [0.5, 0.6) is 5.75 Å². The van der Waals surface area contributed by atoms with Crippen LogP contribution in [0.3, 0.4) is 0 Å². The van der Waals surface area contributed by atoms with Gasteiger partial charge in [-0.15, -0.1) is 0 Å². The van der Waals surface area contributed by atoms with Crippen molar-refractivity contribution in [2.75, 3.05) is 18.5 Å². The largest absolute Gasteiger partial charge is 0.494 e. The molecule has 1 rings (SSSR count). The topological polar surface area (TPSA) is 84.6 Å². The van der Waals surface area contributed by atoms with Crippen molar-refractivity contribution in [3.63, 3.8) is 0 Å². The number of benzene rings is 1. The molecule has 0 saturated heterocycles. The van der Waals surface area contributed by atoms with E-state index in [1.54, 1.807) is 24.3 Å². The minimum atomic E-state index is -0.907. The van der Waals surface area contributed by atoms with Crippen molar-refractivity contribution < 1.29 is 14.6 Å². The number of anilines is 1. The van der Waals surface area contributed by atoms with E-state index in [1.165, 1.54) is 0 Å². The first-order valence-electron chi connectivity index (χ1n) is 5.07. The third-order valence-corrected chi connectivity index (χ3v) is 1.95. The number of nitrogens with one attached hydrogen (secondary N) is 1. The summed E-state index contributed by atoms with van der Waals surface area (Å²) in [6, 6.07) is 6.09. The van der Waals surface area contributed by atoms with Crippen molar-refractivity contribution in [3.05, 3.63) is 24.3 Å². The molecule has 5 heteroatoms. The summed E-state index contributed by atoms with van der Waals surface area (Å²) < 4.78 is 5.28. The maximum atomic E-state index is 11.4. The molecule has 0 aliphatic rings. The summed E-state index contributed by atoms with van der Waals surface area (Å²) in [4.78, 5) is 11.4. The molecule has 16 heavy (non-hydrogen) atoms. The number of hydrogen-bond donors (Lipinski definition) is 3. The van der Waals surface area contributed by atoms with Crippen LogP contribution in [0, 0.1) is 0 Å². The summed E-state index contributed by atoms with van der Waals surface area (Å²) >= 11 is 0. The fraction of sp³-hybridized carbons (Fsp3) is 0.364. The summed E-state index contributed by atoms with van der Waals surface area (Å²) in [5.41, 5.74) is 5.96. The molecule has 0 radical (unpaired) electrons. The summed E-state index contributed by atoms with van der Waals surface area (Å²) in [6.07, 6.45) is 0. The maximum absolute atomic E-state index is 11.4. The molecule has 0 aliphatic carbocycles. The van der Waals surface area contributed by atoms with E-state index in [2.05, 4.69) is 5.32 Å². The summed E-state index contributed by atoms with van der Waals surface area (Å²) in [7, 11) is 0. The van der Waals surface area contributed by atoms with E-state index in [1.807, 2.05) is 6.92 Å². The zero-order valence-corrected chi connectivity index (χ0v) is 9.14. The molecule has 0 aromatic heterocycles. The van der Waals surface area contributed by atoms with Crippen LogP contribution in [0.4, 0.5) is 5.69 Å². The number of aliphatic hydroxyl groups excluding tert-OH is 1. The summed E-state index contributed by atoms with van der Waals surface area (Å²) in [5.74, 6) is 0.258. The van der Waals surface area contributed by atoms with E-state index in [9.17, 15) is 4.79 Å². The normalized spacial score (nSPS) is 11.9. The van der Waals surface area contributed by atoms with Crippen molar-refractivity contribution in [2.45, 2.75) is 13.0 Å². The third-order valence-electron chi connectivity index (χ3n) is 1.95. The zero-order valence-electron chi connectivity index (χ0n) is 9.14. The van der Waals surface area contributed by atoms with Crippen LogP contribution in [0.1, 0.15) is 6.92 Å². The van der Waals surface area contributed by atoms with E-state index in [0.717, 1.165) is 0 Å². The molecule has 0 bridgehead atoms. The van der Waals surface area contributed by atoms with Crippen LogP contribution in [0.25, 0.3) is 0 Å². The highest BCUT2D eigenvalue weighted by molar-refractivity contribution is 5.94. The maximum Gasteiger partial charge on any atom is 0.243 e. The lowest BCUT2D eigenvalue weighted by atomic mass is 10.2. The van der Waals surface area contributed by atoms with Gasteiger partial charge in [0.15, 0.2) is 0 Å². The summed E-state index contributed by atoms with van der Waals surface area (Å²) in [6.45, 7) is 2.07. The van der Waals surface area contributed by atoms with Gasteiger partial charge in [0.1, 0.15) is 11.8 Å². The Labute approximate surface area is 94.2 Å². The minimum absolute atomic E-state index is 0.378. The van der Waals surface area contributed by atoms with Crippen LogP contribution in [-0.2, 0) is 4.79 Å². The van der Waals surface area contributed by atoms with Gasteiger partial charge in [0.2, 0.25) is 5.91 Å². The Bertz CT molecular complexity index is 355. The quantitative estimate of drug-likeness (QED) is 0.673. The molecule has 0 fully saturated rings. The molecule has 0 heterocycles. The van der Waals surface area contributed by atoms with E-state index < -0.39 is 11.9 Å². The van der Waals surface area contributed by atoms with Gasteiger partial charge in [0.05, 0.1) is 13.2 Å².